The second kappa shape index (κ2) is 9.81. The Kier molecular flexibility index (Phi) is 7.05. The molecule has 6 nitrogen and oxygen atoms in total. The van der Waals surface area contributed by atoms with Gasteiger partial charge >= 0.3 is 0 Å². The van der Waals surface area contributed by atoms with Gasteiger partial charge in [-0.1, -0.05) is 59.1 Å². The first kappa shape index (κ1) is 23.7. The number of hydrogen-bond acceptors (Lipinski definition) is 4. The molecule has 0 aromatic heterocycles. The maximum absolute atomic E-state index is 13.2. The van der Waals surface area contributed by atoms with Crippen LogP contribution in [-0.4, -0.2) is 45.4 Å². The van der Waals surface area contributed by atoms with E-state index in [0.717, 1.165) is 5.69 Å². The smallest absolute Gasteiger partial charge is 0.263 e. The number of carbonyl (C=O) groups is 1. The van der Waals surface area contributed by atoms with Crippen LogP contribution < -0.4 is 9.62 Å². The Hall–Kier alpha value is -2.45. The van der Waals surface area contributed by atoms with Crippen molar-refractivity contribution in [1.82, 2.24) is 4.90 Å². The number of halogens is 3. The maximum atomic E-state index is 13.2. The third-order valence-electron chi connectivity index (χ3n) is 5.31. The van der Waals surface area contributed by atoms with E-state index in [9.17, 15) is 13.2 Å². The van der Waals surface area contributed by atoms with Crippen molar-refractivity contribution in [2.24, 2.45) is 0 Å². The van der Waals surface area contributed by atoms with Gasteiger partial charge in [-0.2, -0.15) is 0 Å². The summed E-state index contributed by atoms with van der Waals surface area (Å²) in [6, 6.07) is 18.7. The van der Waals surface area contributed by atoms with E-state index in [1.807, 2.05) is 30.3 Å². The fraction of sp³-hybridized carbons (Fsp3) is 0.174. The van der Waals surface area contributed by atoms with Crippen LogP contribution in [-0.2, 0) is 10.0 Å². The molecular formula is C23H20Cl3N3O3S. The van der Waals surface area contributed by atoms with E-state index in [0.29, 0.717) is 31.2 Å². The maximum Gasteiger partial charge on any atom is 0.263 e. The number of anilines is 2. The molecule has 172 valence electrons. The van der Waals surface area contributed by atoms with E-state index in [2.05, 4.69) is 9.62 Å². The van der Waals surface area contributed by atoms with E-state index >= 15 is 0 Å². The fourth-order valence-electron chi connectivity index (χ4n) is 3.64. The van der Waals surface area contributed by atoms with Gasteiger partial charge in [-0.25, -0.2) is 8.42 Å². The van der Waals surface area contributed by atoms with Gasteiger partial charge in [0.2, 0.25) is 0 Å². The highest BCUT2D eigenvalue weighted by Gasteiger charge is 2.27. The normalized spacial score (nSPS) is 14.3. The number of amides is 1. The molecule has 0 aliphatic carbocycles. The monoisotopic (exact) mass is 523 g/mol. The van der Waals surface area contributed by atoms with Crippen LogP contribution in [0.1, 0.15) is 10.4 Å². The van der Waals surface area contributed by atoms with Gasteiger partial charge in [0.05, 0.1) is 21.3 Å². The first-order valence-corrected chi connectivity index (χ1v) is 12.7. The van der Waals surface area contributed by atoms with Crippen LogP contribution in [0.25, 0.3) is 0 Å². The molecule has 1 N–H and O–H groups in total. The Labute approximate surface area is 207 Å². The Morgan fingerprint density at radius 3 is 2.18 bits per heavy atom. The second-order valence-corrected chi connectivity index (χ2v) is 10.4. The number of benzene rings is 3. The van der Waals surface area contributed by atoms with Gasteiger partial charge in [-0.05, 0) is 42.5 Å². The number of nitrogens with one attached hydrogen (secondary N) is 1. The first-order valence-electron chi connectivity index (χ1n) is 10.1. The van der Waals surface area contributed by atoms with Gasteiger partial charge in [0, 0.05) is 36.9 Å². The van der Waals surface area contributed by atoms with E-state index < -0.39 is 10.0 Å². The summed E-state index contributed by atoms with van der Waals surface area (Å²) in [5.74, 6) is -0.344. The summed E-state index contributed by atoms with van der Waals surface area (Å²) >= 11 is 18.4. The van der Waals surface area contributed by atoms with Gasteiger partial charge in [0.1, 0.15) is 4.90 Å². The topological polar surface area (TPSA) is 69.7 Å². The molecule has 4 rings (SSSR count). The molecule has 0 atom stereocenters. The van der Waals surface area contributed by atoms with Gasteiger partial charge in [0.15, 0.2) is 0 Å². The summed E-state index contributed by atoms with van der Waals surface area (Å²) in [6.45, 7) is 2.27. The molecule has 1 heterocycles. The molecule has 0 unspecified atom stereocenters. The van der Waals surface area contributed by atoms with Crippen molar-refractivity contribution in [1.29, 1.82) is 0 Å². The molecule has 0 spiro atoms. The lowest BCUT2D eigenvalue weighted by Crippen LogP contribution is -2.48. The third kappa shape index (κ3) is 5.38. The van der Waals surface area contributed by atoms with Gasteiger partial charge in [-0.3, -0.25) is 9.52 Å². The van der Waals surface area contributed by atoms with Crippen molar-refractivity contribution in [3.05, 3.63) is 87.4 Å². The van der Waals surface area contributed by atoms with Crippen molar-refractivity contribution in [3.63, 3.8) is 0 Å². The molecule has 0 saturated carbocycles. The van der Waals surface area contributed by atoms with Crippen molar-refractivity contribution in [3.8, 4) is 0 Å². The molecule has 3 aromatic carbocycles. The summed E-state index contributed by atoms with van der Waals surface area (Å²) in [4.78, 5) is 16.8. The molecule has 1 amide bonds. The van der Waals surface area contributed by atoms with Crippen molar-refractivity contribution < 1.29 is 13.2 Å². The van der Waals surface area contributed by atoms with Crippen LogP contribution in [0.2, 0.25) is 15.1 Å². The molecule has 33 heavy (non-hydrogen) atoms. The quantitative estimate of drug-likeness (QED) is 0.484. The molecule has 0 bridgehead atoms. The summed E-state index contributed by atoms with van der Waals surface area (Å²) in [5.41, 5.74) is 1.45. The van der Waals surface area contributed by atoms with Gasteiger partial charge in [0.25, 0.3) is 15.9 Å². The number of rotatable bonds is 5. The number of nitrogens with zero attached hydrogens (tertiary/aromatic N) is 2. The first-order chi connectivity index (χ1) is 15.7. The molecule has 0 radical (unpaired) electrons. The van der Waals surface area contributed by atoms with Crippen LogP contribution in [0.3, 0.4) is 0 Å². The number of para-hydroxylation sites is 1. The Morgan fingerprint density at radius 2 is 1.52 bits per heavy atom. The number of piperazine rings is 1. The highest BCUT2D eigenvalue weighted by atomic mass is 35.5. The second-order valence-electron chi connectivity index (χ2n) is 7.49. The van der Waals surface area contributed by atoms with Crippen LogP contribution in [0.15, 0.2) is 71.6 Å². The average molecular weight is 525 g/mol. The summed E-state index contributed by atoms with van der Waals surface area (Å²) in [6.07, 6.45) is 0. The highest BCUT2D eigenvalue weighted by Crippen LogP contribution is 2.31. The minimum atomic E-state index is -4.09. The SMILES string of the molecule is O=C(c1cc(S(=O)(=O)Nc2cccc(Cl)c2)c(Cl)cc1Cl)N1CCN(c2ccccc2)CC1. The lowest BCUT2D eigenvalue weighted by Gasteiger charge is -2.36. The van der Waals surface area contributed by atoms with Crippen LogP contribution in [0, 0.1) is 0 Å². The van der Waals surface area contributed by atoms with E-state index in [-0.39, 0.29) is 32.1 Å². The Balaban J connectivity index is 1.55. The molecule has 1 fully saturated rings. The predicted molar refractivity (Wildman–Crippen MR) is 133 cm³/mol. The predicted octanol–water partition coefficient (Wildman–Crippen LogP) is 5.41. The molecule has 1 saturated heterocycles. The van der Waals surface area contributed by atoms with Crippen LogP contribution in [0.5, 0.6) is 0 Å². The van der Waals surface area contributed by atoms with Crippen LogP contribution in [0.4, 0.5) is 11.4 Å². The number of hydrogen-bond donors (Lipinski definition) is 1. The summed E-state index contributed by atoms with van der Waals surface area (Å²) < 4.78 is 28.4. The lowest BCUT2D eigenvalue weighted by atomic mass is 10.1. The summed E-state index contributed by atoms with van der Waals surface area (Å²) in [7, 11) is -4.09. The Morgan fingerprint density at radius 1 is 0.818 bits per heavy atom. The third-order valence-corrected chi connectivity index (χ3v) is 7.70. The molecule has 1 aliphatic rings. The largest absolute Gasteiger partial charge is 0.368 e. The number of sulfonamides is 1. The zero-order valence-electron chi connectivity index (χ0n) is 17.3. The highest BCUT2D eigenvalue weighted by molar-refractivity contribution is 7.92. The zero-order valence-corrected chi connectivity index (χ0v) is 20.4. The van der Waals surface area contributed by atoms with Crippen molar-refractivity contribution in [2.75, 3.05) is 35.8 Å². The van der Waals surface area contributed by atoms with Crippen molar-refractivity contribution >= 4 is 62.1 Å². The standard InChI is InChI=1S/C23H20Cl3N3O3S/c24-16-5-4-6-17(13-16)27-33(31,32)22-14-19(20(25)15-21(22)26)23(30)29-11-9-28(10-12-29)18-7-2-1-3-8-18/h1-8,13-15,27H,9-12H2. The fourth-order valence-corrected chi connectivity index (χ4v) is 5.73. The average Bonchev–Trinajstić information content (AvgIpc) is 2.79. The summed E-state index contributed by atoms with van der Waals surface area (Å²) in [5, 5.41) is 0.389. The zero-order chi connectivity index (χ0) is 23.6. The molecular weight excluding hydrogens is 505 g/mol. The Bertz CT molecular complexity index is 1280. The van der Waals surface area contributed by atoms with Gasteiger partial charge < -0.3 is 9.80 Å². The van der Waals surface area contributed by atoms with Crippen molar-refractivity contribution in [2.45, 2.75) is 4.90 Å². The van der Waals surface area contributed by atoms with E-state index in [4.69, 9.17) is 34.8 Å². The molecule has 10 heteroatoms. The van der Waals surface area contributed by atoms with Gasteiger partial charge in [-0.15, -0.1) is 0 Å². The number of carbonyl (C=O) groups excluding carboxylic acids is 1. The molecule has 1 aliphatic heterocycles. The molecule has 3 aromatic rings. The lowest BCUT2D eigenvalue weighted by molar-refractivity contribution is 0.0746. The van der Waals surface area contributed by atoms with Crippen LogP contribution >= 0.6 is 34.8 Å². The minimum absolute atomic E-state index is 0.0834. The van der Waals surface area contributed by atoms with E-state index in [1.54, 1.807) is 23.1 Å². The van der Waals surface area contributed by atoms with E-state index in [1.165, 1.54) is 18.2 Å². The minimum Gasteiger partial charge on any atom is -0.368 e.